The lowest BCUT2D eigenvalue weighted by molar-refractivity contribution is -0.384. The van der Waals surface area contributed by atoms with Gasteiger partial charge in [-0.3, -0.25) is 10.1 Å². The van der Waals surface area contributed by atoms with Gasteiger partial charge in [-0.1, -0.05) is 42.5 Å². The molecule has 2 heterocycles. The molecular formula is C22H21N3O3. The number of rotatable bonds is 5. The SMILES string of the molecule is Cc1ccc(O[C@H]2CCN(c3ccc(-c4ccccc4)cc3[N+](=O)[O-])C2)nc1. The second-order valence-corrected chi connectivity index (χ2v) is 6.97. The second-order valence-electron chi connectivity index (χ2n) is 6.97. The van der Waals surface area contributed by atoms with E-state index in [2.05, 4.69) is 4.98 Å². The predicted octanol–water partition coefficient (Wildman–Crippen LogP) is 4.62. The maximum Gasteiger partial charge on any atom is 0.293 e. The van der Waals surface area contributed by atoms with Crippen molar-refractivity contribution in [3.05, 3.63) is 82.5 Å². The van der Waals surface area contributed by atoms with Crippen LogP contribution < -0.4 is 9.64 Å². The zero-order valence-electron chi connectivity index (χ0n) is 15.6. The lowest BCUT2D eigenvalue weighted by Gasteiger charge is -2.19. The van der Waals surface area contributed by atoms with Gasteiger partial charge in [-0.2, -0.15) is 0 Å². The molecule has 28 heavy (non-hydrogen) atoms. The molecule has 1 aliphatic rings. The molecule has 1 atom stereocenters. The Morgan fingerprint density at radius 3 is 2.64 bits per heavy atom. The van der Waals surface area contributed by atoms with E-state index in [4.69, 9.17) is 4.74 Å². The Kier molecular flexibility index (Phi) is 4.93. The summed E-state index contributed by atoms with van der Waals surface area (Å²) in [4.78, 5) is 17.7. The number of nitrogens with zero attached hydrogens (tertiary/aromatic N) is 3. The molecule has 4 rings (SSSR count). The van der Waals surface area contributed by atoms with Crippen molar-refractivity contribution in [1.29, 1.82) is 0 Å². The molecule has 1 saturated heterocycles. The highest BCUT2D eigenvalue weighted by atomic mass is 16.6. The first-order chi connectivity index (χ1) is 13.6. The molecule has 142 valence electrons. The number of pyridine rings is 1. The predicted molar refractivity (Wildman–Crippen MR) is 109 cm³/mol. The number of nitro benzene ring substituents is 1. The van der Waals surface area contributed by atoms with Crippen LogP contribution in [0.4, 0.5) is 11.4 Å². The van der Waals surface area contributed by atoms with Gasteiger partial charge in [0.15, 0.2) is 0 Å². The van der Waals surface area contributed by atoms with E-state index in [9.17, 15) is 10.1 Å². The first-order valence-corrected chi connectivity index (χ1v) is 9.28. The number of hydrogen-bond donors (Lipinski definition) is 0. The van der Waals surface area contributed by atoms with Crippen molar-refractivity contribution in [2.24, 2.45) is 0 Å². The third-order valence-electron chi connectivity index (χ3n) is 4.94. The van der Waals surface area contributed by atoms with Crippen LogP contribution in [0.25, 0.3) is 11.1 Å². The number of ether oxygens (including phenoxy) is 1. The topological polar surface area (TPSA) is 68.5 Å². The zero-order valence-corrected chi connectivity index (χ0v) is 15.6. The Morgan fingerprint density at radius 1 is 1.11 bits per heavy atom. The lowest BCUT2D eigenvalue weighted by Crippen LogP contribution is -2.25. The van der Waals surface area contributed by atoms with Crippen molar-refractivity contribution >= 4 is 11.4 Å². The maximum atomic E-state index is 11.7. The van der Waals surface area contributed by atoms with Crippen LogP contribution in [0, 0.1) is 17.0 Å². The van der Waals surface area contributed by atoms with Gasteiger partial charge in [0, 0.05) is 31.3 Å². The molecule has 0 radical (unpaired) electrons. The van der Waals surface area contributed by atoms with Crippen molar-refractivity contribution in [3.8, 4) is 17.0 Å². The van der Waals surface area contributed by atoms with E-state index < -0.39 is 0 Å². The van der Waals surface area contributed by atoms with Crippen molar-refractivity contribution in [2.45, 2.75) is 19.4 Å². The van der Waals surface area contributed by atoms with Gasteiger partial charge in [-0.05, 0) is 29.7 Å². The Balaban J connectivity index is 1.54. The van der Waals surface area contributed by atoms with Gasteiger partial charge in [0.05, 0.1) is 11.5 Å². The van der Waals surface area contributed by atoms with Crippen molar-refractivity contribution in [2.75, 3.05) is 18.0 Å². The highest BCUT2D eigenvalue weighted by molar-refractivity contribution is 5.74. The summed E-state index contributed by atoms with van der Waals surface area (Å²) in [5.41, 5.74) is 3.63. The Hall–Kier alpha value is -3.41. The summed E-state index contributed by atoms with van der Waals surface area (Å²) in [7, 11) is 0. The van der Waals surface area contributed by atoms with E-state index in [1.54, 1.807) is 12.3 Å². The van der Waals surface area contributed by atoms with Crippen LogP contribution in [0.15, 0.2) is 66.9 Å². The van der Waals surface area contributed by atoms with E-state index >= 15 is 0 Å². The van der Waals surface area contributed by atoms with Crippen LogP contribution >= 0.6 is 0 Å². The fourth-order valence-electron chi connectivity index (χ4n) is 3.49. The molecule has 0 aliphatic carbocycles. The fraction of sp³-hybridized carbons (Fsp3) is 0.227. The van der Waals surface area contributed by atoms with Gasteiger partial charge in [0.1, 0.15) is 11.8 Å². The standard InChI is InChI=1S/C22H21N3O3/c1-16-7-10-22(23-14-16)28-19-11-12-24(15-19)20-9-8-18(13-21(20)25(26)27)17-5-3-2-4-6-17/h2-10,13-14,19H,11-12,15H2,1H3/t19-/m0/s1. The van der Waals surface area contributed by atoms with Crippen LogP contribution in [0.5, 0.6) is 5.88 Å². The Labute approximate surface area is 163 Å². The van der Waals surface area contributed by atoms with Crippen molar-refractivity contribution in [1.82, 2.24) is 4.98 Å². The molecule has 0 unspecified atom stereocenters. The highest BCUT2D eigenvalue weighted by Crippen LogP contribution is 2.35. The van der Waals surface area contributed by atoms with Crippen LogP contribution in [-0.4, -0.2) is 29.1 Å². The Bertz CT molecular complexity index is 974. The monoisotopic (exact) mass is 375 g/mol. The van der Waals surface area contributed by atoms with Gasteiger partial charge in [-0.25, -0.2) is 4.98 Å². The third kappa shape index (κ3) is 3.81. The summed E-state index contributed by atoms with van der Waals surface area (Å²) < 4.78 is 5.95. The number of anilines is 1. The first kappa shape index (κ1) is 18.0. The first-order valence-electron chi connectivity index (χ1n) is 9.28. The average Bonchev–Trinajstić information content (AvgIpc) is 3.18. The number of hydrogen-bond acceptors (Lipinski definition) is 5. The van der Waals surface area contributed by atoms with E-state index in [0.29, 0.717) is 24.7 Å². The van der Waals surface area contributed by atoms with Crippen LogP contribution in [0.1, 0.15) is 12.0 Å². The molecule has 3 aromatic rings. The molecule has 2 aromatic carbocycles. The molecule has 6 heteroatoms. The average molecular weight is 375 g/mol. The number of benzene rings is 2. The minimum Gasteiger partial charge on any atom is -0.472 e. The molecule has 0 N–H and O–H groups in total. The molecule has 1 aromatic heterocycles. The van der Waals surface area contributed by atoms with Gasteiger partial charge in [-0.15, -0.1) is 0 Å². The molecule has 6 nitrogen and oxygen atoms in total. The quantitative estimate of drug-likeness (QED) is 0.481. The zero-order chi connectivity index (χ0) is 19.5. The molecule has 0 saturated carbocycles. The second kappa shape index (κ2) is 7.68. The van der Waals surface area contributed by atoms with Gasteiger partial charge in [0.2, 0.25) is 5.88 Å². The van der Waals surface area contributed by atoms with E-state index in [0.717, 1.165) is 23.1 Å². The lowest BCUT2D eigenvalue weighted by atomic mass is 10.0. The maximum absolute atomic E-state index is 11.7. The van der Waals surface area contributed by atoms with E-state index in [-0.39, 0.29) is 16.7 Å². The van der Waals surface area contributed by atoms with Crippen LogP contribution in [0.3, 0.4) is 0 Å². The smallest absolute Gasteiger partial charge is 0.293 e. The minimum atomic E-state index is -0.308. The molecule has 0 amide bonds. The van der Waals surface area contributed by atoms with E-state index in [1.165, 1.54) is 0 Å². The van der Waals surface area contributed by atoms with Gasteiger partial charge < -0.3 is 9.64 Å². The van der Waals surface area contributed by atoms with Crippen LogP contribution in [-0.2, 0) is 0 Å². The van der Waals surface area contributed by atoms with E-state index in [1.807, 2.05) is 66.4 Å². The number of nitro groups is 1. The third-order valence-corrected chi connectivity index (χ3v) is 4.94. The summed E-state index contributed by atoms with van der Waals surface area (Å²) >= 11 is 0. The summed E-state index contributed by atoms with van der Waals surface area (Å²) in [6, 6.07) is 18.9. The molecule has 0 bridgehead atoms. The minimum absolute atomic E-state index is 0.0383. The largest absolute Gasteiger partial charge is 0.472 e. The van der Waals surface area contributed by atoms with Gasteiger partial charge >= 0.3 is 0 Å². The normalized spacial score (nSPS) is 16.2. The summed E-state index contributed by atoms with van der Waals surface area (Å²) in [5.74, 6) is 0.589. The summed E-state index contributed by atoms with van der Waals surface area (Å²) in [6.45, 7) is 3.29. The van der Waals surface area contributed by atoms with Gasteiger partial charge in [0.25, 0.3) is 5.69 Å². The summed E-state index contributed by atoms with van der Waals surface area (Å²) in [5, 5.41) is 11.7. The highest BCUT2D eigenvalue weighted by Gasteiger charge is 2.29. The van der Waals surface area contributed by atoms with Crippen molar-refractivity contribution < 1.29 is 9.66 Å². The number of aromatic nitrogens is 1. The molecule has 1 aliphatic heterocycles. The molecular weight excluding hydrogens is 354 g/mol. The van der Waals surface area contributed by atoms with Crippen molar-refractivity contribution in [3.63, 3.8) is 0 Å². The number of aryl methyl sites for hydroxylation is 1. The fourth-order valence-corrected chi connectivity index (χ4v) is 3.49. The molecule has 0 spiro atoms. The molecule has 1 fully saturated rings. The summed E-state index contributed by atoms with van der Waals surface area (Å²) in [6.07, 6.45) is 2.53. The van der Waals surface area contributed by atoms with Crippen LogP contribution in [0.2, 0.25) is 0 Å². The Morgan fingerprint density at radius 2 is 1.93 bits per heavy atom.